The Morgan fingerprint density at radius 2 is 1.95 bits per heavy atom. The van der Waals surface area contributed by atoms with Crippen LogP contribution in [0.15, 0.2) is 30.3 Å². The average Bonchev–Trinajstić information content (AvgIpc) is 2.83. The molecular formula is C18H25N3. The topological polar surface area (TPSA) is 21.1 Å². The highest BCUT2D eigenvalue weighted by Crippen LogP contribution is 2.25. The van der Waals surface area contributed by atoms with Crippen LogP contribution in [0, 0.1) is 5.92 Å². The van der Waals surface area contributed by atoms with Gasteiger partial charge in [-0.3, -0.25) is 4.90 Å². The monoisotopic (exact) mass is 283 g/mol. The maximum Gasteiger partial charge on any atom is 0.140 e. The summed E-state index contributed by atoms with van der Waals surface area (Å²) in [5.41, 5.74) is 3.89. The van der Waals surface area contributed by atoms with E-state index in [4.69, 9.17) is 4.98 Å². The molecule has 0 amide bonds. The minimum absolute atomic E-state index is 0.776. The van der Waals surface area contributed by atoms with E-state index in [-0.39, 0.29) is 0 Å². The summed E-state index contributed by atoms with van der Waals surface area (Å²) in [7, 11) is 2.15. The van der Waals surface area contributed by atoms with E-state index in [0.717, 1.165) is 31.3 Å². The molecular weight excluding hydrogens is 258 g/mol. The van der Waals surface area contributed by atoms with Crippen molar-refractivity contribution >= 4 is 0 Å². The van der Waals surface area contributed by atoms with E-state index in [9.17, 15) is 0 Å². The van der Waals surface area contributed by atoms with Gasteiger partial charge in [-0.1, -0.05) is 44.2 Å². The summed E-state index contributed by atoms with van der Waals surface area (Å²) < 4.78 is 2.28. The third kappa shape index (κ3) is 3.03. The van der Waals surface area contributed by atoms with Crippen LogP contribution in [-0.2, 0) is 20.0 Å². The van der Waals surface area contributed by atoms with E-state index in [1.54, 1.807) is 0 Å². The van der Waals surface area contributed by atoms with E-state index in [0.29, 0.717) is 0 Å². The first-order valence-corrected chi connectivity index (χ1v) is 7.97. The zero-order chi connectivity index (χ0) is 14.8. The number of imidazole rings is 1. The van der Waals surface area contributed by atoms with Gasteiger partial charge in [0.2, 0.25) is 0 Å². The summed E-state index contributed by atoms with van der Waals surface area (Å²) in [6.07, 6.45) is 2.35. The summed E-state index contributed by atoms with van der Waals surface area (Å²) in [6, 6.07) is 10.5. The Kier molecular flexibility index (Phi) is 4.11. The molecule has 3 heteroatoms. The molecule has 21 heavy (non-hydrogen) atoms. The van der Waals surface area contributed by atoms with Gasteiger partial charge in [0.1, 0.15) is 5.82 Å². The Morgan fingerprint density at radius 1 is 1.19 bits per heavy atom. The molecule has 0 bridgehead atoms. The molecule has 0 N–H and O–H groups in total. The fraction of sp³-hybridized carbons (Fsp3) is 0.500. The molecule has 112 valence electrons. The quantitative estimate of drug-likeness (QED) is 0.856. The zero-order valence-corrected chi connectivity index (χ0v) is 13.3. The molecule has 2 heterocycles. The van der Waals surface area contributed by atoms with Crippen LogP contribution in [0.4, 0.5) is 0 Å². The van der Waals surface area contributed by atoms with Crippen molar-refractivity contribution in [2.45, 2.75) is 33.2 Å². The predicted molar refractivity (Wildman–Crippen MR) is 87.1 cm³/mol. The minimum atomic E-state index is 0.776. The van der Waals surface area contributed by atoms with Gasteiger partial charge in [-0.05, 0) is 18.9 Å². The van der Waals surface area contributed by atoms with Crippen LogP contribution in [0.5, 0.6) is 0 Å². The standard InChI is InChI=1S/C18H25N3/c1-14(2)9-11-21-12-10-16-17(13-21)20(3)18(19-16)15-7-5-4-6-8-15/h4-8,14H,9-13H2,1-3H3. The second kappa shape index (κ2) is 6.02. The predicted octanol–water partition coefficient (Wildman–Crippen LogP) is 3.49. The lowest BCUT2D eigenvalue weighted by Crippen LogP contribution is -2.32. The minimum Gasteiger partial charge on any atom is -0.330 e. The number of rotatable bonds is 4. The van der Waals surface area contributed by atoms with Crippen molar-refractivity contribution < 1.29 is 0 Å². The van der Waals surface area contributed by atoms with Crippen molar-refractivity contribution in [1.29, 1.82) is 0 Å². The van der Waals surface area contributed by atoms with Crippen LogP contribution >= 0.6 is 0 Å². The highest BCUT2D eigenvalue weighted by Gasteiger charge is 2.22. The van der Waals surface area contributed by atoms with Crippen molar-refractivity contribution in [2.75, 3.05) is 13.1 Å². The van der Waals surface area contributed by atoms with Gasteiger partial charge in [-0.2, -0.15) is 0 Å². The van der Waals surface area contributed by atoms with Gasteiger partial charge in [-0.25, -0.2) is 4.98 Å². The fourth-order valence-corrected chi connectivity index (χ4v) is 3.02. The molecule has 0 spiro atoms. The van der Waals surface area contributed by atoms with E-state index >= 15 is 0 Å². The zero-order valence-electron chi connectivity index (χ0n) is 13.3. The van der Waals surface area contributed by atoms with E-state index < -0.39 is 0 Å². The summed E-state index contributed by atoms with van der Waals surface area (Å²) in [5.74, 6) is 1.88. The molecule has 0 aliphatic carbocycles. The number of fused-ring (bicyclic) bond motifs is 1. The van der Waals surface area contributed by atoms with E-state index in [1.165, 1.54) is 29.9 Å². The van der Waals surface area contributed by atoms with Crippen molar-refractivity contribution in [3.63, 3.8) is 0 Å². The Labute approximate surface area is 127 Å². The smallest absolute Gasteiger partial charge is 0.140 e. The summed E-state index contributed by atoms with van der Waals surface area (Å²) in [4.78, 5) is 7.45. The van der Waals surface area contributed by atoms with E-state index in [2.05, 4.69) is 60.7 Å². The normalized spacial score (nSPS) is 15.4. The van der Waals surface area contributed by atoms with Crippen LogP contribution in [0.25, 0.3) is 11.4 Å². The van der Waals surface area contributed by atoms with Crippen molar-refractivity contribution in [1.82, 2.24) is 14.5 Å². The molecule has 3 rings (SSSR count). The van der Waals surface area contributed by atoms with Crippen LogP contribution in [0.1, 0.15) is 31.7 Å². The van der Waals surface area contributed by atoms with Gasteiger partial charge in [0.05, 0.1) is 11.4 Å². The Balaban J connectivity index is 1.82. The molecule has 2 aromatic rings. The largest absolute Gasteiger partial charge is 0.330 e. The van der Waals surface area contributed by atoms with Gasteiger partial charge in [-0.15, -0.1) is 0 Å². The first kappa shape index (κ1) is 14.3. The first-order valence-electron chi connectivity index (χ1n) is 7.97. The Morgan fingerprint density at radius 3 is 2.67 bits per heavy atom. The number of hydrogen-bond acceptors (Lipinski definition) is 2. The lowest BCUT2D eigenvalue weighted by molar-refractivity contribution is 0.233. The van der Waals surface area contributed by atoms with Gasteiger partial charge in [0, 0.05) is 32.1 Å². The summed E-state index contributed by atoms with van der Waals surface area (Å²) >= 11 is 0. The molecule has 1 aromatic heterocycles. The SMILES string of the molecule is CC(C)CCN1CCc2nc(-c3ccccc3)n(C)c2C1. The highest BCUT2D eigenvalue weighted by molar-refractivity contribution is 5.56. The first-order chi connectivity index (χ1) is 10.1. The van der Waals surface area contributed by atoms with Crippen LogP contribution < -0.4 is 0 Å². The van der Waals surface area contributed by atoms with Gasteiger partial charge >= 0.3 is 0 Å². The Hall–Kier alpha value is -1.61. The average molecular weight is 283 g/mol. The summed E-state index contributed by atoms with van der Waals surface area (Å²) in [5, 5.41) is 0. The van der Waals surface area contributed by atoms with Gasteiger partial charge < -0.3 is 4.57 Å². The van der Waals surface area contributed by atoms with Gasteiger partial charge in [0.15, 0.2) is 0 Å². The maximum absolute atomic E-state index is 4.89. The van der Waals surface area contributed by atoms with Crippen LogP contribution in [-0.4, -0.2) is 27.5 Å². The molecule has 0 saturated carbocycles. The third-order valence-corrected chi connectivity index (χ3v) is 4.39. The van der Waals surface area contributed by atoms with Crippen LogP contribution in [0.2, 0.25) is 0 Å². The Bertz CT molecular complexity index is 598. The van der Waals surface area contributed by atoms with Crippen molar-refractivity contribution in [3.05, 3.63) is 41.7 Å². The molecule has 3 nitrogen and oxygen atoms in total. The molecule has 0 atom stereocenters. The number of aromatic nitrogens is 2. The molecule has 1 aliphatic heterocycles. The highest BCUT2D eigenvalue weighted by atomic mass is 15.2. The number of hydrogen-bond donors (Lipinski definition) is 0. The fourth-order valence-electron chi connectivity index (χ4n) is 3.02. The number of benzene rings is 1. The van der Waals surface area contributed by atoms with Gasteiger partial charge in [0.25, 0.3) is 0 Å². The summed E-state index contributed by atoms with van der Waals surface area (Å²) in [6.45, 7) is 7.98. The lowest BCUT2D eigenvalue weighted by Gasteiger charge is -2.27. The second-order valence-electron chi connectivity index (χ2n) is 6.46. The van der Waals surface area contributed by atoms with Crippen LogP contribution in [0.3, 0.4) is 0 Å². The third-order valence-electron chi connectivity index (χ3n) is 4.39. The second-order valence-corrected chi connectivity index (χ2v) is 6.46. The molecule has 1 aliphatic rings. The molecule has 0 radical (unpaired) electrons. The molecule has 1 aromatic carbocycles. The molecule has 0 saturated heterocycles. The van der Waals surface area contributed by atoms with Crippen molar-refractivity contribution in [2.24, 2.45) is 13.0 Å². The number of nitrogens with zero attached hydrogens (tertiary/aromatic N) is 3. The van der Waals surface area contributed by atoms with E-state index in [1.807, 2.05) is 0 Å². The lowest BCUT2D eigenvalue weighted by atomic mass is 10.1. The molecule has 0 unspecified atom stereocenters. The van der Waals surface area contributed by atoms with Crippen molar-refractivity contribution in [3.8, 4) is 11.4 Å². The molecule has 0 fully saturated rings. The maximum atomic E-state index is 4.89.